The second kappa shape index (κ2) is 9.62. The van der Waals surface area contributed by atoms with E-state index in [4.69, 9.17) is 4.74 Å². The number of hydrogen-bond acceptors (Lipinski definition) is 5. The van der Waals surface area contributed by atoms with E-state index in [9.17, 15) is 18.4 Å². The smallest absolute Gasteiger partial charge is 0.337 e. The normalized spacial score (nSPS) is 14.1. The van der Waals surface area contributed by atoms with Crippen LogP contribution in [0.3, 0.4) is 0 Å². The average Bonchev–Trinajstić information content (AvgIpc) is 3.63. The first kappa shape index (κ1) is 23.4. The van der Waals surface area contributed by atoms with Crippen molar-refractivity contribution >= 4 is 11.9 Å². The summed E-state index contributed by atoms with van der Waals surface area (Å²) in [6, 6.07) is 13.3. The first-order valence-corrected chi connectivity index (χ1v) is 10.9. The highest BCUT2D eigenvalue weighted by Crippen LogP contribution is 2.41. The second-order valence-electron chi connectivity index (χ2n) is 8.25. The Kier molecular flexibility index (Phi) is 6.63. The maximum Gasteiger partial charge on any atom is 0.337 e. The molecule has 1 N–H and O–H groups in total. The van der Waals surface area contributed by atoms with Crippen LogP contribution in [0.2, 0.25) is 0 Å². The molecule has 1 heterocycles. The van der Waals surface area contributed by atoms with Gasteiger partial charge < -0.3 is 14.8 Å². The molecule has 1 aromatic heterocycles. The van der Waals surface area contributed by atoms with Gasteiger partial charge in [-0.05, 0) is 61.1 Å². The Morgan fingerprint density at radius 2 is 1.85 bits per heavy atom. The number of nitrogens with zero attached hydrogens (tertiary/aromatic N) is 2. The summed E-state index contributed by atoms with van der Waals surface area (Å²) in [4.78, 5) is 24.8. The summed E-state index contributed by atoms with van der Waals surface area (Å²) < 4.78 is 39.3. The topological polar surface area (TPSA) is 82.5 Å². The fourth-order valence-electron chi connectivity index (χ4n) is 3.75. The molecule has 1 atom stereocenters. The molecule has 0 aliphatic heterocycles. The summed E-state index contributed by atoms with van der Waals surface area (Å²) in [5, 5.41) is 6.57. The van der Waals surface area contributed by atoms with E-state index in [1.165, 1.54) is 14.2 Å². The van der Waals surface area contributed by atoms with Crippen LogP contribution in [0.1, 0.15) is 75.7 Å². The van der Waals surface area contributed by atoms with Crippen molar-refractivity contribution in [3.8, 4) is 11.6 Å². The lowest BCUT2D eigenvalue weighted by Crippen LogP contribution is -2.27. The van der Waals surface area contributed by atoms with Gasteiger partial charge in [-0.3, -0.25) is 4.79 Å². The Labute approximate surface area is 195 Å². The van der Waals surface area contributed by atoms with Crippen LogP contribution < -0.4 is 10.1 Å². The molecule has 1 aliphatic rings. The number of ether oxygens (including phenoxy) is 2. The van der Waals surface area contributed by atoms with Crippen LogP contribution in [0.4, 0.5) is 8.78 Å². The van der Waals surface area contributed by atoms with E-state index < -0.39 is 30.0 Å². The summed E-state index contributed by atoms with van der Waals surface area (Å²) in [5.74, 6) is -0.336. The van der Waals surface area contributed by atoms with E-state index in [0.717, 1.165) is 23.1 Å². The summed E-state index contributed by atoms with van der Waals surface area (Å²) in [6.07, 6.45) is -0.745. The zero-order valence-corrected chi connectivity index (χ0v) is 19.0. The molecule has 4 rings (SSSR count). The lowest BCUT2D eigenvalue weighted by atomic mass is 10.1. The van der Waals surface area contributed by atoms with Gasteiger partial charge in [0.2, 0.25) is 5.88 Å². The monoisotopic (exact) mass is 469 g/mol. The van der Waals surface area contributed by atoms with Crippen molar-refractivity contribution in [1.29, 1.82) is 0 Å². The Morgan fingerprint density at radius 1 is 1.15 bits per heavy atom. The van der Waals surface area contributed by atoms with E-state index >= 15 is 0 Å². The van der Waals surface area contributed by atoms with Gasteiger partial charge in [-0.1, -0.05) is 24.3 Å². The SMILES string of the molecule is COC(=O)c1ccc(C(C)NC(=O)c2c(C(F)F)nn(C)c2Oc2cccc(C3CC3)c2)cc1. The van der Waals surface area contributed by atoms with Crippen molar-refractivity contribution in [3.05, 3.63) is 76.5 Å². The molecule has 1 saturated carbocycles. The van der Waals surface area contributed by atoms with Crippen molar-refractivity contribution < 1.29 is 27.8 Å². The van der Waals surface area contributed by atoms with E-state index in [1.807, 2.05) is 18.2 Å². The van der Waals surface area contributed by atoms with Crippen LogP contribution in [0.15, 0.2) is 48.5 Å². The van der Waals surface area contributed by atoms with Gasteiger partial charge in [-0.15, -0.1) is 0 Å². The number of methoxy groups -OCH3 is 1. The number of halogens is 2. The van der Waals surface area contributed by atoms with Gasteiger partial charge in [0, 0.05) is 7.05 Å². The number of aromatic nitrogens is 2. The number of nitrogens with one attached hydrogen (secondary N) is 1. The zero-order valence-electron chi connectivity index (χ0n) is 19.0. The number of aryl methyl sites for hydroxylation is 1. The number of hydrogen-bond donors (Lipinski definition) is 1. The Bertz CT molecular complexity index is 1200. The second-order valence-corrected chi connectivity index (χ2v) is 8.25. The van der Waals surface area contributed by atoms with E-state index in [-0.39, 0.29) is 11.4 Å². The quantitative estimate of drug-likeness (QED) is 0.453. The van der Waals surface area contributed by atoms with Gasteiger partial charge in [0.25, 0.3) is 12.3 Å². The minimum Gasteiger partial charge on any atom is -0.465 e. The summed E-state index contributed by atoms with van der Waals surface area (Å²) in [6.45, 7) is 1.71. The van der Waals surface area contributed by atoms with Gasteiger partial charge in [0.15, 0.2) is 0 Å². The van der Waals surface area contributed by atoms with E-state index in [1.54, 1.807) is 37.3 Å². The number of amides is 1. The van der Waals surface area contributed by atoms with Crippen LogP contribution in [-0.2, 0) is 11.8 Å². The lowest BCUT2D eigenvalue weighted by Gasteiger charge is -2.16. The molecular formula is C25H25F2N3O4. The van der Waals surface area contributed by atoms with Crippen LogP contribution in [-0.4, -0.2) is 28.8 Å². The third kappa shape index (κ3) is 4.93. The molecule has 0 radical (unpaired) electrons. The predicted octanol–water partition coefficient (Wildman–Crippen LogP) is 5.31. The van der Waals surface area contributed by atoms with Crippen molar-refractivity contribution in [2.75, 3.05) is 7.11 Å². The van der Waals surface area contributed by atoms with Crippen molar-refractivity contribution in [2.45, 2.75) is 38.2 Å². The van der Waals surface area contributed by atoms with Gasteiger partial charge in [-0.2, -0.15) is 5.10 Å². The lowest BCUT2D eigenvalue weighted by molar-refractivity contribution is 0.0600. The first-order valence-electron chi connectivity index (χ1n) is 10.9. The number of rotatable bonds is 8. The minimum atomic E-state index is -2.96. The standard InChI is InChI=1S/C25H25F2N3O4/c1-14(15-7-11-17(12-8-15)25(32)33-3)28-23(31)20-21(22(26)27)29-30(2)24(20)34-19-6-4-5-18(13-19)16-9-10-16/h4-8,11-14,16,22H,9-10H2,1-3H3,(H,28,31). The fourth-order valence-corrected chi connectivity index (χ4v) is 3.75. The molecule has 1 unspecified atom stereocenters. The van der Waals surface area contributed by atoms with Crippen molar-refractivity contribution in [2.24, 2.45) is 7.05 Å². The summed E-state index contributed by atoms with van der Waals surface area (Å²) >= 11 is 0. The highest BCUT2D eigenvalue weighted by molar-refractivity contribution is 5.98. The van der Waals surface area contributed by atoms with Crippen molar-refractivity contribution in [3.63, 3.8) is 0 Å². The molecule has 1 fully saturated rings. The van der Waals surface area contributed by atoms with Gasteiger partial charge in [-0.25, -0.2) is 18.3 Å². The molecule has 3 aromatic rings. The zero-order chi connectivity index (χ0) is 24.4. The maximum absolute atomic E-state index is 13.8. The minimum absolute atomic E-state index is 0.0611. The Balaban J connectivity index is 1.59. The third-order valence-corrected chi connectivity index (χ3v) is 5.76. The van der Waals surface area contributed by atoms with Crippen molar-refractivity contribution in [1.82, 2.24) is 15.1 Å². The fraction of sp³-hybridized carbons (Fsp3) is 0.320. The predicted molar refractivity (Wildman–Crippen MR) is 120 cm³/mol. The molecule has 1 amide bonds. The molecule has 0 saturated heterocycles. The molecule has 34 heavy (non-hydrogen) atoms. The third-order valence-electron chi connectivity index (χ3n) is 5.76. The Hall–Kier alpha value is -3.75. The van der Waals surface area contributed by atoms with Gasteiger partial charge in [0.1, 0.15) is 17.0 Å². The van der Waals surface area contributed by atoms with Crippen LogP contribution in [0.5, 0.6) is 11.6 Å². The molecule has 0 spiro atoms. The number of alkyl halides is 2. The highest BCUT2D eigenvalue weighted by atomic mass is 19.3. The van der Waals surface area contributed by atoms with E-state index in [2.05, 4.69) is 15.2 Å². The first-order chi connectivity index (χ1) is 16.3. The maximum atomic E-state index is 13.8. The number of carbonyl (C=O) groups excluding carboxylic acids is 2. The van der Waals surface area contributed by atoms with Crippen LogP contribution >= 0.6 is 0 Å². The highest BCUT2D eigenvalue weighted by Gasteiger charge is 2.31. The summed E-state index contributed by atoms with van der Waals surface area (Å²) in [5.41, 5.74) is 1.20. The van der Waals surface area contributed by atoms with Gasteiger partial charge >= 0.3 is 5.97 Å². The van der Waals surface area contributed by atoms with Gasteiger partial charge in [0.05, 0.1) is 18.7 Å². The number of esters is 1. The number of benzene rings is 2. The largest absolute Gasteiger partial charge is 0.465 e. The Morgan fingerprint density at radius 3 is 2.47 bits per heavy atom. The number of carbonyl (C=O) groups is 2. The molecule has 1 aliphatic carbocycles. The van der Waals surface area contributed by atoms with Crippen LogP contribution in [0, 0.1) is 0 Å². The molecule has 2 aromatic carbocycles. The molecule has 178 valence electrons. The average molecular weight is 469 g/mol. The van der Waals surface area contributed by atoms with E-state index in [0.29, 0.717) is 22.8 Å². The van der Waals surface area contributed by atoms with Crippen LogP contribution in [0.25, 0.3) is 0 Å². The summed E-state index contributed by atoms with van der Waals surface area (Å²) in [7, 11) is 2.74. The molecular weight excluding hydrogens is 444 g/mol. The molecule has 7 nitrogen and oxygen atoms in total. The molecule has 9 heteroatoms. The molecule has 0 bridgehead atoms.